The highest BCUT2D eigenvalue weighted by Gasteiger charge is 2.25. The molecule has 9 amide bonds. The Balaban J connectivity index is 0.000000170. The minimum atomic E-state index is -0.809. The number of carbonyl (C=O) groups is 6. The molecule has 0 bridgehead atoms. The molecule has 12 aromatic rings. The predicted octanol–water partition coefficient (Wildman–Crippen LogP) is 12.1. The molecule has 33 nitrogen and oxygen atoms in total. The number of hydrogen-bond acceptors (Lipinski definition) is 19. The fourth-order valence-electron chi connectivity index (χ4n) is 11.5. The van der Waals surface area contributed by atoms with Crippen molar-refractivity contribution in [1.29, 1.82) is 0 Å². The SMILES string of the molecule is CCC/C(=N\OC)c1cc(-c2cccnc2)cc2[nH]c(NC(=O)NCC)nc12.CCNC(=O)Nc1nc2c(/C(CC)=N/OC)cc(-c3cccnc3)cc2[nH]1.CCNC(=O)Nc1nc2c(C(=O)CCCCO)cc(-c3cccnc3)cc2[nH]1.CCNC(=O)Nc1nc2c(C(=O)NC)c(F)c(-c3ccn(C)c(=O)c3)cc2[nH]1. The van der Waals surface area contributed by atoms with E-state index in [1.807, 2.05) is 101 Å². The van der Waals surface area contributed by atoms with Gasteiger partial charge in [-0.3, -0.25) is 50.6 Å². The molecule has 0 unspecified atom stereocenters. The lowest BCUT2D eigenvalue weighted by atomic mass is 9.98. The maximum absolute atomic E-state index is 15.2. The Bertz CT molecular complexity index is 5370. The van der Waals surface area contributed by atoms with Crippen molar-refractivity contribution in [3.63, 3.8) is 0 Å². The summed E-state index contributed by atoms with van der Waals surface area (Å²) in [5.41, 5.74) is 13.7. The fourth-order valence-corrected chi connectivity index (χ4v) is 11.5. The number of nitrogens with zero attached hydrogens (tertiary/aromatic N) is 10. The maximum atomic E-state index is 15.2. The summed E-state index contributed by atoms with van der Waals surface area (Å²) in [6.07, 6.45) is 15.8. The molecule has 0 atom stereocenters. The van der Waals surface area contributed by atoms with Gasteiger partial charge in [-0.1, -0.05) is 48.8 Å². The summed E-state index contributed by atoms with van der Waals surface area (Å²) in [6.45, 7) is 13.4. The van der Waals surface area contributed by atoms with Gasteiger partial charge in [0.15, 0.2) is 5.78 Å². The van der Waals surface area contributed by atoms with E-state index in [2.05, 4.69) is 120 Å². The first-order valence-corrected chi connectivity index (χ1v) is 35.8. The van der Waals surface area contributed by atoms with E-state index in [4.69, 9.17) is 14.8 Å². The minimum Gasteiger partial charge on any atom is -0.399 e. The molecular formula is C77H88FN23O10. The average molecular weight is 1510 g/mol. The molecule has 34 heteroatoms. The number of urea groups is 4. The van der Waals surface area contributed by atoms with Gasteiger partial charge < -0.3 is 65.9 Å². The number of imidazole rings is 4. The Kier molecular flexibility index (Phi) is 29.1. The van der Waals surface area contributed by atoms with Crippen LogP contribution in [0.3, 0.4) is 0 Å². The lowest BCUT2D eigenvalue weighted by Crippen LogP contribution is -2.28. The molecule has 0 saturated carbocycles. The highest BCUT2D eigenvalue weighted by atomic mass is 19.1. The third-order valence-electron chi connectivity index (χ3n) is 16.6. The smallest absolute Gasteiger partial charge is 0.321 e. The number of carbonyl (C=O) groups excluding carboxylic acids is 6. The Hall–Kier alpha value is -13.8. The highest BCUT2D eigenvalue weighted by molar-refractivity contribution is 6.13. The van der Waals surface area contributed by atoms with E-state index in [0.717, 1.165) is 85.3 Å². The lowest BCUT2D eigenvalue weighted by molar-refractivity contribution is 0.0957. The maximum Gasteiger partial charge on any atom is 0.321 e. The number of oxime groups is 2. The van der Waals surface area contributed by atoms with Crippen molar-refractivity contribution in [2.75, 3.05) is 75.3 Å². The number of benzene rings is 4. The first-order valence-electron chi connectivity index (χ1n) is 35.8. The number of halogens is 1. The molecule has 578 valence electrons. The van der Waals surface area contributed by atoms with Crippen molar-refractivity contribution in [1.82, 2.24) is 86.0 Å². The van der Waals surface area contributed by atoms with Gasteiger partial charge in [-0.05, 0) is 142 Å². The topological polar surface area (TPSA) is 449 Å². The van der Waals surface area contributed by atoms with E-state index < -0.39 is 17.8 Å². The summed E-state index contributed by atoms with van der Waals surface area (Å²) in [6, 6.07) is 26.0. The number of aromatic nitrogens is 12. The van der Waals surface area contributed by atoms with Crippen LogP contribution in [0.25, 0.3) is 88.6 Å². The number of nitrogens with one attached hydrogen (secondary N) is 13. The number of H-pyrrole nitrogens is 4. The average Bonchev–Trinajstić information content (AvgIpc) is 1.61. The summed E-state index contributed by atoms with van der Waals surface area (Å²) in [5, 5.41) is 40.8. The number of anilines is 4. The van der Waals surface area contributed by atoms with Crippen molar-refractivity contribution >= 4 is 115 Å². The fraction of sp³-hybridized carbons (Fsp3) is 0.273. The Morgan fingerprint density at radius 3 is 1.29 bits per heavy atom. The van der Waals surface area contributed by atoms with Crippen molar-refractivity contribution in [2.45, 2.75) is 80.1 Å². The van der Waals surface area contributed by atoms with Crippen molar-refractivity contribution in [3.8, 4) is 44.5 Å². The zero-order valence-electron chi connectivity index (χ0n) is 63.0. The molecular weight excluding hydrogens is 1430 g/mol. The standard InChI is InChI=1S/C20H24N6O2.C20H23N5O3.C19H22N6O2.C18H19FN6O3/c1-4-7-16(26-28-3)15-10-14(13-8-6-9-21-12-13)11-17-18(15)24-19(23-17)25-20(27)22-5-2;1-2-22-20(28)25-19-23-16-11-14(13-6-5-8-21-12-13)10-15(18(16)24-19)17(27)7-3-4-9-26;1-4-15(25-27-3)14-9-13(12-7-6-8-20-11-12)10-16-17(14)23-18(22-16)24-19(26)21-5-2;1-4-21-18(28)24-17-22-11-8-10(9-5-6-25(3)12(26)7-9)14(19)13(15(11)23-17)16(27)20-2/h6,8-12H,4-5,7H2,1-3H3,(H3,22,23,24,25,27);5-6,8,10-12,26H,2-4,7,9H2,1H3,(H3,22,23,24,25,28);6-11H,4-5H2,1-3H3,(H3,21,22,23,24,26);5-8H,4H2,1-3H3,(H,20,27)(H3,21,22,23,24,28)/b26-16+;;25-15+;. The number of pyridine rings is 4. The van der Waals surface area contributed by atoms with Crippen LogP contribution in [0.15, 0.2) is 149 Å². The van der Waals surface area contributed by atoms with Crippen LogP contribution in [-0.2, 0) is 16.7 Å². The number of aliphatic hydroxyl groups excluding tert-OH is 1. The molecule has 12 rings (SSSR count). The zero-order valence-corrected chi connectivity index (χ0v) is 63.0. The van der Waals surface area contributed by atoms with Crippen LogP contribution in [0.4, 0.5) is 47.4 Å². The summed E-state index contributed by atoms with van der Waals surface area (Å²) in [4.78, 5) is 137. The molecule has 0 radical (unpaired) electrons. The van der Waals surface area contributed by atoms with Gasteiger partial charge in [-0.25, -0.2) is 43.5 Å². The van der Waals surface area contributed by atoms with E-state index in [-0.39, 0.29) is 64.6 Å². The number of ketones is 1. The molecule has 0 aliphatic heterocycles. The third kappa shape index (κ3) is 21.1. The van der Waals surface area contributed by atoms with Gasteiger partial charge in [0.2, 0.25) is 23.8 Å². The molecule has 0 fully saturated rings. The van der Waals surface area contributed by atoms with Gasteiger partial charge in [0, 0.05) is 142 Å². The summed E-state index contributed by atoms with van der Waals surface area (Å²) < 4.78 is 16.6. The Morgan fingerprint density at radius 2 is 0.910 bits per heavy atom. The van der Waals surface area contributed by atoms with E-state index in [9.17, 15) is 33.6 Å². The first-order chi connectivity index (χ1) is 53.8. The van der Waals surface area contributed by atoms with Crippen molar-refractivity contribution in [2.24, 2.45) is 17.4 Å². The largest absolute Gasteiger partial charge is 0.399 e. The lowest BCUT2D eigenvalue weighted by Gasteiger charge is -2.09. The minimum absolute atomic E-state index is 0.0553. The van der Waals surface area contributed by atoms with Crippen LogP contribution in [0, 0.1) is 5.82 Å². The van der Waals surface area contributed by atoms with E-state index >= 15 is 4.39 Å². The van der Waals surface area contributed by atoms with Crippen molar-refractivity contribution in [3.05, 3.63) is 173 Å². The van der Waals surface area contributed by atoms with Crippen LogP contribution in [-0.4, -0.2) is 166 Å². The molecule has 0 aliphatic rings. The molecule has 4 aromatic carbocycles. The van der Waals surface area contributed by atoms with Gasteiger partial charge >= 0.3 is 24.1 Å². The van der Waals surface area contributed by atoms with Gasteiger partial charge in [-0.2, -0.15) is 0 Å². The van der Waals surface area contributed by atoms with Crippen LogP contribution >= 0.6 is 0 Å². The Morgan fingerprint density at radius 1 is 0.505 bits per heavy atom. The molecule has 8 aromatic heterocycles. The number of rotatable bonds is 25. The summed E-state index contributed by atoms with van der Waals surface area (Å²) >= 11 is 0. The number of hydrogen-bond donors (Lipinski definition) is 14. The van der Waals surface area contributed by atoms with Crippen LogP contribution in [0.5, 0.6) is 0 Å². The van der Waals surface area contributed by atoms with E-state index in [1.54, 1.807) is 57.1 Å². The van der Waals surface area contributed by atoms with Crippen molar-refractivity contribution < 1.29 is 47.9 Å². The monoisotopic (exact) mass is 1510 g/mol. The van der Waals surface area contributed by atoms with Crippen LogP contribution in [0.2, 0.25) is 0 Å². The van der Waals surface area contributed by atoms with Crippen LogP contribution < -0.4 is 53.4 Å². The summed E-state index contributed by atoms with van der Waals surface area (Å²) in [5.74, 6) is -0.465. The van der Waals surface area contributed by atoms with E-state index in [0.29, 0.717) is 97.0 Å². The quantitative estimate of drug-likeness (QED) is 0.0109. The van der Waals surface area contributed by atoms with Gasteiger partial charge in [0.25, 0.3) is 11.5 Å². The number of Topliss-reactive ketones (excluding diaryl/α,β-unsaturated/α-hetero) is 1. The second-order valence-corrected chi connectivity index (χ2v) is 24.4. The molecule has 14 N–H and O–H groups in total. The number of aliphatic hydroxyl groups is 1. The zero-order chi connectivity index (χ0) is 79.5. The number of amides is 9. The Labute approximate surface area is 636 Å². The molecule has 0 spiro atoms. The third-order valence-corrected chi connectivity index (χ3v) is 16.6. The van der Waals surface area contributed by atoms with Gasteiger partial charge in [-0.15, -0.1) is 0 Å². The highest BCUT2D eigenvalue weighted by Crippen LogP contribution is 2.34. The van der Waals surface area contributed by atoms with Crippen LogP contribution in [0.1, 0.15) is 112 Å². The molecule has 8 heterocycles. The molecule has 111 heavy (non-hydrogen) atoms. The number of aromatic amines is 4. The van der Waals surface area contributed by atoms with E-state index in [1.165, 1.54) is 44.2 Å². The second-order valence-electron chi connectivity index (χ2n) is 24.4. The van der Waals surface area contributed by atoms with Gasteiger partial charge in [0.1, 0.15) is 36.6 Å². The normalized spacial score (nSPS) is 11.1. The number of unbranched alkanes of at least 4 members (excludes halogenated alkanes) is 1. The predicted molar refractivity (Wildman–Crippen MR) is 426 cm³/mol. The summed E-state index contributed by atoms with van der Waals surface area (Å²) in [7, 11) is 6.00. The van der Waals surface area contributed by atoms with Gasteiger partial charge in [0.05, 0.1) is 44.5 Å². The first kappa shape index (κ1) is 81.3. The second kappa shape index (κ2) is 39.7. The number of fused-ring (bicyclic) bond motifs is 4. The number of aryl methyl sites for hydroxylation is 1. The molecule has 0 aliphatic carbocycles. The molecule has 0 saturated heterocycles.